The third-order valence-corrected chi connectivity index (χ3v) is 7.34. The van der Waals surface area contributed by atoms with Crippen molar-refractivity contribution in [3.05, 3.63) is 41.5 Å². The smallest absolute Gasteiger partial charge is 0.420 e. The molecule has 4 rings (SSSR count). The van der Waals surface area contributed by atoms with Crippen LogP contribution in [0.3, 0.4) is 0 Å². The Kier molecular flexibility index (Phi) is 7.17. The highest BCUT2D eigenvalue weighted by Gasteiger charge is 2.37. The number of carboxylic acid groups (broad SMARTS) is 1. The number of hydrogen-bond acceptors (Lipinski definition) is 3. The van der Waals surface area contributed by atoms with Crippen LogP contribution < -0.4 is 4.74 Å². The van der Waals surface area contributed by atoms with Crippen molar-refractivity contribution in [2.45, 2.75) is 70.7 Å². The summed E-state index contributed by atoms with van der Waals surface area (Å²) in [5.41, 5.74) is 0.103. The molecular weight excluding hydrogens is 431 g/mol. The summed E-state index contributed by atoms with van der Waals surface area (Å²) in [5.74, 6) is -0.534. The van der Waals surface area contributed by atoms with Crippen molar-refractivity contribution in [1.29, 1.82) is 0 Å². The number of fused-ring (bicyclic) bond motifs is 1. The molecule has 2 aromatic rings. The number of nitrogens with zero attached hydrogens (tertiary/aromatic N) is 1. The second kappa shape index (κ2) is 9.92. The zero-order valence-corrected chi connectivity index (χ0v) is 19.0. The van der Waals surface area contributed by atoms with Gasteiger partial charge in [0.2, 0.25) is 0 Å². The van der Waals surface area contributed by atoms with E-state index in [2.05, 4.69) is 11.8 Å². The van der Waals surface area contributed by atoms with E-state index in [4.69, 9.17) is 4.74 Å². The lowest BCUT2D eigenvalue weighted by Crippen LogP contribution is -2.35. The molecule has 0 atom stereocenters. The van der Waals surface area contributed by atoms with Gasteiger partial charge in [-0.05, 0) is 86.0 Å². The second-order valence-corrected chi connectivity index (χ2v) is 9.55. The highest BCUT2D eigenvalue weighted by Crippen LogP contribution is 2.43. The van der Waals surface area contributed by atoms with E-state index in [9.17, 15) is 23.1 Å². The average molecular weight is 464 g/mol. The Bertz CT molecular complexity index is 975. The van der Waals surface area contributed by atoms with Crippen LogP contribution in [0, 0.1) is 11.8 Å². The molecule has 1 heterocycles. The molecule has 0 aromatic heterocycles. The van der Waals surface area contributed by atoms with Gasteiger partial charge in [-0.3, -0.25) is 9.69 Å². The number of carbonyl (C=O) groups is 1. The van der Waals surface area contributed by atoms with Crippen molar-refractivity contribution in [3.8, 4) is 5.75 Å². The Morgan fingerprint density at radius 2 is 1.73 bits per heavy atom. The minimum Gasteiger partial charge on any atom is -0.490 e. The summed E-state index contributed by atoms with van der Waals surface area (Å²) in [6.45, 7) is 3.92. The van der Waals surface area contributed by atoms with Crippen molar-refractivity contribution in [2.75, 3.05) is 13.1 Å². The van der Waals surface area contributed by atoms with E-state index in [0.717, 1.165) is 37.7 Å². The first kappa shape index (κ1) is 23.9. The first-order chi connectivity index (χ1) is 15.7. The Morgan fingerprint density at radius 1 is 1.06 bits per heavy atom. The monoisotopic (exact) mass is 463 g/mol. The van der Waals surface area contributed by atoms with Crippen molar-refractivity contribution in [3.63, 3.8) is 0 Å². The maximum atomic E-state index is 14.2. The SMILES string of the molecule is CCC1CCC(Oc2ccc3ccc(CN4CCC(C(=O)O)CC4)cc3c2C(F)(F)F)CC1. The van der Waals surface area contributed by atoms with Crippen LogP contribution in [0.4, 0.5) is 13.2 Å². The highest BCUT2D eigenvalue weighted by molar-refractivity contribution is 5.89. The molecule has 2 aliphatic rings. The standard InChI is InChI=1S/C26H32F3NO3/c1-2-17-4-8-21(9-5-17)33-23-10-7-19-6-3-18(15-22(19)24(23)26(27,28)29)16-30-13-11-20(12-14-30)25(31)32/h3,6-7,10,15,17,20-21H,2,4-5,8-9,11-14,16H2,1H3,(H,31,32). The van der Waals surface area contributed by atoms with E-state index >= 15 is 0 Å². The Morgan fingerprint density at radius 3 is 2.33 bits per heavy atom. The number of benzene rings is 2. The molecule has 1 N–H and O–H groups in total. The van der Waals surface area contributed by atoms with Gasteiger partial charge >= 0.3 is 12.1 Å². The molecule has 0 spiro atoms. The van der Waals surface area contributed by atoms with Gasteiger partial charge in [-0.25, -0.2) is 0 Å². The van der Waals surface area contributed by atoms with E-state index in [0.29, 0.717) is 43.8 Å². The number of hydrogen-bond donors (Lipinski definition) is 1. The topological polar surface area (TPSA) is 49.8 Å². The van der Waals surface area contributed by atoms with Crippen molar-refractivity contribution < 1.29 is 27.8 Å². The van der Waals surface area contributed by atoms with E-state index in [1.807, 2.05) is 6.07 Å². The van der Waals surface area contributed by atoms with Crippen LogP contribution >= 0.6 is 0 Å². The van der Waals surface area contributed by atoms with Gasteiger partial charge in [0.25, 0.3) is 0 Å². The quantitative estimate of drug-likeness (QED) is 0.531. The summed E-state index contributed by atoms with van der Waals surface area (Å²) < 4.78 is 48.6. The molecule has 0 unspecified atom stereocenters. The third kappa shape index (κ3) is 5.62. The molecule has 0 radical (unpaired) electrons. The lowest BCUT2D eigenvalue weighted by Gasteiger charge is -2.30. The van der Waals surface area contributed by atoms with Gasteiger partial charge in [0, 0.05) is 6.54 Å². The van der Waals surface area contributed by atoms with Gasteiger partial charge in [0.05, 0.1) is 12.0 Å². The first-order valence-electron chi connectivity index (χ1n) is 12.0. The summed E-state index contributed by atoms with van der Waals surface area (Å²) >= 11 is 0. The average Bonchev–Trinajstić information content (AvgIpc) is 2.79. The van der Waals surface area contributed by atoms with Crippen molar-refractivity contribution in [1.82, 2.24) is 4.90 Å². The molecule has 180 valence electrons. The van der Waals surface area contributed by atoms with Gasteiger partial charge in [0.1, 0.15) is 11.3 Å². The summed E-state index contributed by atoms with van der Waals surface area (Å²) in [5, 5.41) is 9.88. The molecule has 1 aliphatic heterocycles. The minimum atomic E-state index is -4.52. The van der Waals surface area contributed by atoms with Crippen molar-refractivity contribution >= 4 is 16.7 Å². The highest BCUT2D eigenvalue weighted by atomic mass is 19.4. The number of rotatable bonds is 6. The van der Waals surface area contributed by atoms with Crippen LogP contribution in [-0.4, -0.2) is 35.2 Å². The summed E-state index contributed by atoms with van der Waals surface area (Å²) in [6, 6.07) is 8.40. The number of likely N-dealkylation sites (tertiary alicyclic amines) is 1. The molecule has 7 heteroatoms. The van der Waals surface area contributed by atoms with Gasteiger partial charge in [0.15, 0.2) is 0 Å². The molecule has 0 bridgehead atoms. The van der Waals surface area contributed by atoms with Gasteiger partial charge in [-0.15, -0.1) is 0 Å². The minimum absolute atomic E-state index is 0.0747. The molecule has 4 nitrogen and oxygen atoms in total. The summed E-state index contributed by atoms with van der Waals surface area (Å²) in [6.07, 6.45) is 1.12. The predicted molar refractivity (Wildman–Crippen MR) is 121 cm³/mol. The van der Waals surface area contributed by atoms with Gasteiger partial charge in [-0.2, -0.15) is 13.2 Å². The lowest BCUT2D eigenvalue weighted by molar-refractivity contribution is -0.143. The van der Waals surface area contributed by atoms with E-state index in [1.54, 1.807) is 18.2 Å². The Labute approximate surface area is 192 Å². The number of alkyl halides is 3. The van der Waals surface area contributed by atoms with Crippen LogP contribution in [0.25, 0.3) is 10.8 Å². The van der Waals surface area contributed by atoms with Crippen LogP contribution in [0.5, 0.6) is 5.75 Å². The fraction of sp³-hybridized carbons (Fsp3) is 0.577. The second-order valence-electron chi connectivity index (χ2n) is 9.55. The van der Waals surface area contributed by atoms with Crippen molar-refractivity contribution in [2.24, 2.45) is 11.8 Å². The number of piperidine rings is 1. The normalized spacial score (nSPS) is 23.0. The molecule has 33 heavy (non-hydrogen) atoms. The summed E-state index contributed by atoms with van der Waals surface area (Å²) in [7, 11) is 0. The predicted octanol–water partition coefficient (Wildman–Crippen LogP) is 6.50. The van der Waals surface area contributed by atoms with E-state index < -0.39 is 17.7 Å². The zero-order chi connectivity index (χ0) is 23.6. The van der Waals surface area contributed by atoms with Crippen LogP contribution in [0.15, 0.2) is 30.3 Å². The fourth-order valence-electron chi connectivity index (χ4n) is 5.27. The number of ether oxygens (including phenoxy) is 1. The third-order valence-electron chi connectivity index (χ3n) is 7.34. The van der Waals surface area contributed by atoms with Crippen LogP contribution in [-0.2, 0) is 17.5 Å². The number of aliphatic carboxylic acids is 1. The number of carboxylic acids is 1. The molecule has 1 saturated heterocycles. The van der Waals surface area contributed by atoms with Crippen LogP contribution in [0.2, 0.25) is 0 Å². The molecular formula is C26H32F3NO3. The summed E-state index contributed by atoms with van der Waals surface area (Å²) in [4.78, 5) is 13.3. The maximum absolute atomic E-state index is 14.2. The van der Waals surface area contributed by atoms with Gasteiger partial charge in [-0.1, -0.05) is 31.5 Å². The molecule has 1 aliphatic carbocycles. The maximum Gasteiger partial charge on any atom is 0.420 e. The van der Waals surface area contributed by atoms with Gasteiger partial charge < -0.3 is 9.84 Å². The first-order valence-corrected chi connectivity index (χ1v) is 12.0. The largest absolute Gasteiger partial charge is 0.490 e. The molecule has 2 fully saturated rings. The van der Waals surface area contributed by atoms with E-state index in [-0.39, 0.29) is 23.2 Å². The Balaban J connectivity index is 1.57. The molecule has 1 saturated carbocycles. The molecule has 0 amide bonds. The lowest BCUT2D eigenvalue weighted by atomic mass is 9.86. The Hall–Kier alpha value is -2.28. The number of halogens is 3. The van der Waals surface area contributed by atoms with E-state index in [1.165, 1.54) is 6.07 Å². The van der Waals surface area contributed by atoms with Crippen LogP contribution in [0.1, 0.15) is 63.0 Å². The molecule has 2 aromatic carbocycles. The fourth-order valence-corrected chi connectivity index (χ4v) is 5.27. The zero-order valence-electron chi connectivity index (χ0n) is 19.0.